The molecule has 9 heteroatoms. The molecule has 0 bridgehead atoms. The van der Waals surface area contributed by atoms with Crippen molar-refractivity contribution in [3.8, 4) is 0 Å². The van der Waals surface area contributed by atoms with Gasteiger partial charge in [-0.25, -0.2) is 9.69 Å². The lowest BCUT2D eigenvalue weighted by atomic mass is 9.90. The van der Waals surface area contributed by atoms with E-state index < -0.39 is 23.0 Å². The molecule has 1 aromatic heterocycles. The fraction of sp³-hybridized carbons (Fsp3) is 0.444. The van der Waals surface area contributed by atoms with Gasteiger partial charge in [0.25, 0.3) is 5.91 Å². The van der Waals surface area contributed by atoms with Gasteiger partial charge in [0.1, 0.15) is 11.0 Å². The van der Waals surface area contributed by atoms with Crippen LogP contribution in [-0.2, 0) is 20.9 Å². The van der Waals surface area contributed by atoms with Crippen molar-refractivity contribution in [1.82, 2.24) is 9.88 Å². The first kappa shape index (κ1) is 26.8. The van der Waals surface area contributed by atoms with Gasteiger partial charge in [-0.3, -0.25) is 19.4 Å². The van der Waals surface area contributed by atoms with E-state index in [-0.39, 0.29) is 23.9 Å². The van der Waals surface area contributed by atoms with Crippen LogP contribution in [0.1, 0.15) is 63.2 Å². The number of rotatable bonds is 4. The number of anilines is 2. The standard InChI is InChI=1S/C27H34N4O5/c1-9-30-20-13-12-18(15-21(20)29(8)23(33)27(6,7)24(30)34)16-31(25(35)36-26(3,4)5)22(32)19-11-10-14-28-17(19)2/h10-15H,9,16H2,1-8H3. The minimum Gasteiger partial charge on any atom is -0.443 e. The third-order valence-electron chi connectivity index (χ3n) is 6.06. The lowest BCUT2D eigenvalue weighted by Gasteiger charge is -2.27. The van der Waals surface area contributed by atoms with E-state index in [1.54, 1.807) is 90.0 Å². The SMILES string of the molecule is CCN1C(=O)C(C)(C)C(=O)N(C)c2cc(CN(C(=O)OC(C)(C)C)C(=O)c3cccnc3C)ccc21. The molecule has 0 saturated heterocycles. The van der Waals surface area contributed by atoms with Crippen molar-refractivity contribution in [2.75, 3.05) is 23.4 Å². The van der Waals surface area contributed by atoms with Crippen LogP contribution in [0.4, 0.5) is 16.2 Å². The van der Waals surface area contributed by atoms with Gasteiger partial charge in [0.05, 0.1) is 23.5 Å². The summed E-state index contributed by atoms with van der Waals surface area (Å²) >= 11 is 0. The van der Waals surface area contributed by atoms with Crippen LogP contribution in [0.15, 0.2) is 36.5 Å². The van der Waals surface area contributed by atoms with Crippen molar-refractivity contribution in [2.45, 2.75) is 60.6 Å². The number of aromatic nitrogens is 1. The van der Waals surface area contributed by atoms with E-state index in [1.165, 1.54) is 4.90 Å². The van der Waals surface area contributed by atoms with Crippen LogP contribution < -0.4 is 9.80 Å². The molecular weight excluding hydrogens is 460 g/mol. The second kappa shape index (κ2) is 9.72. The Labute approximate surface area is 212 Å². The molecule has 0 aliphatic carbocycles. The summed E-state index contributed by atoms with van der Waals surface area (Å²) in [6.45, 7) is 12.2. The maximum absolute atomic E-state index is 13.5. The average molecular weight is 495 g/mol. The molecule has 4 amide bonds. The number of aryl methyl sites for hydroxylation is 1. The Morgan fingerprint density at radius 3 is 2.33 bits per heavy atom. The zero-order valence-electron chi connectivity index (χ0n) is 22.2. The summed E-state index contributed by atoms with van der Waals surface area (Å²) in [5, 5.41) is 0. The van der Waals surface area contributed by atoms with Gasteiger partial charge in [-0.05, 0) is 78.3 Å². The summed E-state index contributed by atoms with van der Waals surface area (Å²) in [6, 6.07) is 8.45. The summed E-state index contributed by atoms with van der Waals surface area (Å²) in [7, 11) is 1.62. The lowest BCUT2D eigenvalue weighted by Crippen LogP contribution is -2.47. The Morgan fingerprint density at radius 2 is 1.75 bits per heavy atom. The first-order valence-electron chi connectivity index (χ1n) is 11.9. The van der Waals surface area contributed by atoms with Crippen LogP contribution in [0.5, 0.6) is 0 Å². The van der Waals surface area contributed by atoms with Gasteiger partial charge in [-0.15, -0.1) is 0 Å². The average Bonchev–Trinajstić information content (AvgIpc) is 2.85. The van der Waals surface area contributed by atoms with Crippen LogP contribution >= 0.6 is 0 Å². The number of carbonyl (C=O) groups excluding carboxylic acids is 4. The quantitative estimate of drug-likeness (QED) is 0.587. The van der Waals surface area contributed by atoms with E-state index >= 15 is 0 Å². The smallest absolute Gasteiger partial charge is 0.417 e. The van der Waals surface area contributed by atoms with Crippen molar-refractivity contribution >= 4 is 35.2 Å². The Balaban J connectivity index is 2.07. The summed E-state index contributed by atoms with van der Waals surface area (Å²) < 4.78 is 5.53. The molecule has 9 nitrogen and oxygen atoms in total. The van der Waals surface area contributed by atoms with E-state index in [9.17, 15) is 19.2 Å². The van der Waals surface area contributed by atoms with Crippen LogP contribution in [-0.4, -0.2) is 52.9 Å². The second-order valence-corrected chi connectivity index (χ2v) is 10.4. The van der Waals surface area contributed by atoms with Crippen molar-refractivity contribution in [2.24, 2.45) is 5.41 Å². The number of hydrogen-bond donors (Lipinski definition) is 0. The maximum atomic E-state index is 13.5. The second-order valence-electron chi connectivity index (χ2n) is 10.4. The maximum Gasteiger partial charge on any atom is 0.417 e. The van der Waals surface area contributed by atoms with Crippen LogP contribution in [0.3, 0.4) is 0 Å². The number of pyridine rings is 1. The normalized spacial score (nSPS) is 15.3. The van der Waals surface area contributed by atoms with Gasteiger partial charge in [0.15, 0.2) is 0 Å². The molecule has 2 aromatic rings. The highest BCUT2D eigenvalue weighted by atomic mass is 16.6. The minimum atomic E-state index is -1.24. The molecule has 0 fully saturated rings. The number of carbonyl (C=O) groups is 4. The highest BCUT2D eigenvalue weighted by Crippen LogP contribution is 2.39. The monoisotopic (exact) mass is 494 g/mol. The molecule has 2 heterocycles. The predicted octanol–water partition coefficient (Wildman–Crippen LogP) is 4.32. The molecule has 192 valence electrons. The highest BCUT2D eigenvalue weighted by molar-refractivity contribution is 6.20. The number of imide groups is 1. The number of hydrogen-bond acceptors (Lipinski definition) is 6. The fourth-order valence-electron chi connectivity index (χ4n) is 4.12. The zero-order chi connectivity index (χ0) is 27.0. The van der Waals surface area contributed by atoms with E-state index in [0.717, 1.165) is 4.90 Å². The summed E-state index contributed by atoms with van der Waals surface area (Å²) in [5.41, 5.74) is 0.432. The molecule has 1 aliphatic rings. The molecule has 1 aliphatic heterocycles. The number of ether oxygens (including phenoxy) is 1. The summed E-state index contributed by atoms with van der Waals surface area (Å²) in [4.78, 5) is 61.1. The van der Waals surface area contributed by atoms with Crippen molar-refractivity contribution in [3.05, 3.63) is 53.3 Å². The molecule has 0 N–H and O–H groups in total. The van der Waals surface area contributed by atoms with E-state index in [1.807, 2.05) is 6.92 Å². The van der Waals surface area contributed by atoms with Gasteiger partial charge in [0.2, 0.25) is 11.8 Å². The van der Waals surface area contributed by atoms with Crippen molar-refractivity contribution < 1.29 is 23.9 Å². The first-order chi connectivity index (χ1) is 16.7. The van der Waals surface area contributed by atoms with Gasteiger partial charge in [-0.1, -0.05) is 6.07 Å². The Kier molecular flexibility index (Phi) is 7.25. The molecule has 0 saturated carbocycles. The fourth-order valence-corrected chi connectivity index (χ4v) is 4.12. The Hall–Kier alpha value is -3.75. The molecule has 0 spiro atoms. The summed E-state index contributed by atoms with van der Waals surface area (Å²) in [6.07, 6.45) is 0.785. The third-order valence-corrected chi connectivity index (χ3v) is 6.06. The lowest BCUT2D eigenvalue weighted by molar-refractivity contribution is -0.137. The molecular formula is C27H34N4O5. The van der Waals surface area contributed by atoms with Crippen LogP contribution in [0.25, 0.3) is 0 Å². The Bertz CT molecular complexity index is 1210. The van der Waals surface area contributed by atoms with Gasteiger partial charge >= 0.3 is 6.09 Å². The van der Waals surface area contributed by atoms with E-state index in [2.05, 4.69) is 4.98 Å². The van der Waals surface area contributed by atoms with Crippen LogP contribution in [0.2, 0.25) is 0 Å². The molecule has 36 heavy (non-hydrogen) atoms. The first-order valence-corrected chi connectivity index (χ1v) is 11.9. The summed E-state index contributed by atoms with van der Waals surface area (Å²) in [5.74, 6) is -1.17. The number of nitrogens with zero attached hydrogens (tertiary/aromatic N) is 4. The Morgan fingerprint density at radius 1 is 1.08 bits per heavy atom. The van der Waals surface area contributed by atoms with Gasteiger partial charge in [-0.2, -0.15) is 0 Å². The van der Waals surface area contributed by atoms with E-state index in [4.69, 9.17) is 4.74 Å². The molecule has 0 radical (unpaired) electrons. The molecule has 3 rings (SSSR count). The molecule has 0 unspecified atom stereocenters. The number of amides is 4. The largest absolute Gasteiger partial charge is 0.443 e. The van der Waals surface area contributed by atoms with Crippen LogP contribution in [0, 0.1) is 12.3 Å². The zero-order valence-corrected chi connectivity index (χ0v) is 22.2. The van der Waals surface area contributed by atoms with E-state index in [0.29, 0.717) is 29.2 Å². The number of fused-ring (bicyclic) bond motifs is 1. The van der Waals surface area contributed by atoms with Gasteiger partial charge in [0, 0.05) is 25.5 Å². The minimum absolute atomic E-state index is 0.0964. The predicted molar refractivity (Wildman–Crippen MR) is 137 cm³/mol. The van der Waals surface area contributed by atoms with Gasteiger partial charge < -0.3 is 14.5 Å². The third kappa shape index (κ3) is 5.10. The number of benzene rings is 1. The molecule has 1 aromatic carbocycles. The van der Waals surface area contributed by atoms with Crippen molar-refractivity contribution in [1.29, 1.82) is 0 Å². The topological polar surface area (TPSA) is 100 Å². The molecule has 0 atom stereocenters. The highest BCUT2D eigenvalue weighted by Gasteiger charge is 2.45. The van der Waals surface area contributed by atoms with Crippen molar-refractivity contribution in [3.63, 3.8) is 0 Å².